The van der Waals surface area contributed by atoms with E-state index in [2.05, 4.69) is 26.6 Å². The smallest absolute Gasteiger partial charge is 0.222 e. The maximum absolute atomic E-state index is 10.7. The summed E-state index contributed by atoms with van der Waals surface area (Å²) in [6, 6.07) is 0. The van der Waals surface area contributed by atoms with Crippen LogP contribution in [0.4, 0.5) is 5.69 Å². The Kier molecular flexibility index (Phi) is 4.60. The van der Waals surface area contributed by atoms with Crippen LogP contribution in [0.1, 0.15) is 32.0 Å². The number of thiol groups is 1. The molecule has 0 saturated heterocycles. The number of nitrogens with zero attached hydrogens (tertiary/aromatic N) is 2. The minimum atomic E-state index is -2.75. The SMILES string of the molecule is CCCCCc1nc(Cl)c2c(N[SH](=O)=O)cnc-2[nH]1. The van der Waals surface area contributed by atoms with Crippen molar-refractivity contribution in [1.29, 1.82) is 0 Å². The molecule has 2 rings (SSSR count). The molecule has 0 atom stereocenters. The summed E-state index contributed by atoms with van der Waals surface area (Å²) >= 11 is 6.10. The standard InChI is InChI=1S/C11H15ClN4O2S/c1-2-3-4-5-8-14-10(12)9-7(16-19(17)18)6-13-11(9)15-8/h6,19H,2-5H2,1H3,(H,13,14,15)(H,16,17,18). The molecule has 6 nitrogen and oxygen atoms in total. The highest BCUT2D eigenvalue weighted by Gasteiger charge is 2.18. The highest BCUT2D eigenvalue weighted by molar-refractivity contribution is 7.73. The molecule has 104 valence electrons. The zero-order valence-electron chi connectivity index (χ0n) is 10.4. The third-order valence-electron chi connectivity index (χ3n) is 2.76. The lowest BCUT2D eigenvalue weighted by Crippen LogP contribution is -2.01. The van der Waals surface area contributed by atoms with Crippen LogP contribution in [-0.4, -0.2) is 23.4 Å². The van der Waals surface area contributed by atoms with Crippen LogP contribution in [0, 0.1) is 0 Å². The van der Waals surface area contributed by atoms with Crippen LogP contribution < -0.4 is 4.72 Å². The molecule has 2 aliphatic rings. The minimum Gasteiger partial charge on any atom is -0.328 e. The molecule has 0 aromatic heterocycles. The normalized spacial score (nSPS) is 11.3. The van der Waals surface area contributed by atoms with E-state index >= 15 is 0 Å². The Labute approximate surface area is 118 Å². The summed E-state index contributed by atoms with van der Waals surface area (Å²) in [6.45, 7) is 2.13. The second kappa shape index (κ2) is 6.21. The van der Waals surface area contributed by atoms with E-state index in [1.54, 1.807) is 0 Å². The summed E-state index contributed by atoms with van der Waals surface area (Å²) < 4.78 is 23.7. The van der Waals surface area contributed by atoms with Crippen molar-refractivity contribution in [3.05, 3.63) is 17.2 Å². The number of unbranched alkanes of at least 4 members (excludes halogenated alkanes) is 2. The van der Waals surface area contributed by atoms with Gasteiger partial charge in [0.05, 0.1) is 17.4 Å². The highest BCUT2D eigenvalue weighted by atomic mass is 35.5. The molecule has 0 fully saturated rings. The van der Waals surface area contributed by atoms with E-state index < -0.39 is 10.9 Å². The maximum Gasteiger partial charge on any atom is 0.222 e. The first-order chi connectivity index (χ1) is 9.11. The number of rotatable bonds is 6. The van der Waals surface area contributed by atoms with Gasteiger partial charge in [0, 0.05) is 6.42 Å². The van der Waals surface area contributed by atoms with Gasteiger partial charge in [0.25, 0.3) is 0 Å². The van der Waals surface area contributed by atoms with Gasteiger partial charge in [-0.25, -0.2) is 18.4 Å². The van der Waals surface area contributed by atoms with Crippen LogP contribution in [-0.2, 0) is 17.3 Å². The van der Waals surface area contributed by atoms with Crippen molar-refractivity contribution in [3.8, 4) is 11.4 Å². The fraction of sp³-hybridized carbons (Fsp3) is 0.455. The third kappa shape index (κ3) is 3.36. The van der Waals surface area contributed by atoms with Gasteiger partial charge in [-0.1, -0.05) is 31.4 Å². The van der Waals surface area contributed by atoms with Crippen molar-refractivity contribution >= 4 is 28.2 Å². The summed E-state index contributed by atoms with van der Waals surface area (Å²) in [5, 5.41) is 0.261. The van der Waals surface area contributed by atoms with Crippen molar-refractivity contribution < 1.29 is 8.42 Å². The summed E-state index contributed by atoms with van der Waals surface area (Å²) in [4.78, 5) is 11.4. The Balaban J connectivity index is 2.28. The molecular formula is C11H15ClN4O2S. The predicted octanol–water partition coefficient (Wildman–Crippen LogP) is 2.23. The Hall–Kier alpha value is -1.34. The molecule has 19 heavy (non-hydrogen) atoms. The zero-order chi connectivity index (χ0) is 13.8. The van der Waals surface area contributed by atoms with E-state index in [1.807, 2.05) is 0 Å². The fourth-order valence-electron chi connectivity index (χ4n) is 1.87. The maximum atomic E-state index is 10.7. The van der Waals surface area contributed by atoms with Gasteiger partial charge >= 0.3 is 0 Å². The molecule has 0 saturated carbocycles. The number of H-pyrrole nitrogens is 1. The summed E-state index contributed by atoms with van der Waals surface area (Å²) in [7, 11) is -2.75. The Morgan fingerprint density at radius 3 is 2.89 bits per heavy atom. The van der Waals surface area contributed by atoms with Gasteiger partial charge in [-0.3, -0.25) is 4.72 Å². The number of aromatic amines is 1. The third-order valence-corrected chi connectivity index (χ3v) is 3.46. The van der Waals surface area contributed by atoms with Gasteiger partial charge in [-0.05, 0) is 6.42 Å². The van der Waals surface area contributed by atoms with E-state index in [1.165, 1.54) is 6.20 Å². The van der Waals surface area contributed by atoms with Gasteiger partial charge in [0.2, 0.25) is 10.9 Å². The first-order valence-corrected chi connectivity index (χ1v) is 7.61. The first-order valence-electron chi connectivity index (χ1n) is 6.06. The van der Waals surface area contributed by atoms with E-state index in [4.69, 9.17) is 11.6 Å². The van der Waals surface area contributed by atoms with E-state index in [9.17, 15) is 8.42 Å². The second-order valence-electron chi connectivity index (χ2n) is 4.20. The molecule has 2 aliphatic heterocycles. The van der Waals surface area contributed by atoms with Crippen LogP contribution in [0.5, 0.6) is 0 Å². The van der Waals surface area contributed by atoms with Crippen LogP contribution >= 0.6 is 11.6 Å². The molecule has 0 bridgehead atoms. The lowest BCUT2D eigenvalue weighted by atomic mass is 10.2. The summed E-state index contributed by atoms with van der Waals surface area (Å²) in [5.74, 6) is 1.31. The number of anilines is 1. The number of hydrogen-bond acceptors (Lipinski definition) is 4. The molecule has 2 N–H and O–H groups in total. The number of fused-ring (bicyclic) bond motifs is 1. The van der Waals surface area contributed by atoms with Crippen LogP contribution in [0.2, 0.25) is 5.15 Å². The molecule has 0 aromatic rings. The van der Waals surface area contributed by atoms with E-state index in [0.29, 0.717) is 17.1 Å². The van der Waals surface area contributed by atoms with Crippen molar-refractivity contribution in [2.24, 2.45) is 0 Å². The Morgan fingerprint density at radius 1 is 1.42 bits per heavy atom. The summed E-state index contributed by atoms with van der Waals surface area (Å²) in [5.41, 5.74) is 0.847. The van der Waals surface area contributed by atoms with Gasteiger partial charge in [-0.15, -0.1) is 0 Å². The highest BCUT2D eigenvalue weighted by Crippen LogP contribution is 2.33. The van der Waals surface area contributed by atoms with Crippen LogP contribution in [0.25, 0.3) is 11.4 Å². The van der Waals surface area contributed by atoms with Gasteiger partial charge in [-0.2, -0.15) is 0 Å². The number of halogens is 1. The van der Waals surface area contributed by atoms with Gasteiger partial charge < -0.3 is 4.98 Å². The second-order valence-corrected chi connectivity index (χ2v) is 5.29. The molecule has 0 aliphatic carbocycles. The van der Waals surface area contributed by atoms with Gasteiger partial charge in [0.1, 0.15) is 16.8 Å². The molecule has 8 heteroatoms. The predicted molar refractivity (Wildman–Crippen MR) is 75.2 cm³/mol. The minimum absolute atomic E-state index is 0.261. The van der Waals surface area contributed by atoms with Crippen molar-refractivity contribution in [3.63, 3.8) is 0 Å². The molecule has 0 spiro atoms. The summed E-state index contributed by atoms with van der Waals surface area (Å²) in [6.07, 6.45) is 5.52. The molecule has 0 aromatic carbocycles. The quantitative estimate of drug-likeness (QED) is 0.434. The Morgan fingerprint density at radius 2 is 2.21 bits per heavy atom. The zero-order valence-corrected chi connectivity index (χ0v) is 12.1. The molecule has 0 unspecified atom stereocenters. The van der Waals surface area contributed by atoms with Crippen molar-refractivity contribution in [2.75, 3.05) is 4.72 Å². The topological polar surface area (TPSA) is 87.7 Å². The number of aryl methyl sites for hydroxylation is 1. The van der Waals surface area contributed by atoms with Gasteiger partial charge in [0.15, 0.2) is 0 Å². The van der Waals surface area contributed by atoms with Crippen LogP contribution in [0.15, 0.2) is 6.20 Å². The number of aromatic nitrogens is 3. The van der Waals surface area contributed by atoms with Crippen molar-refractivity contribution in [2.45, 2.75) is 32.6 Å². The average Bonchev–Trinajstić information content (AvgIpc) is 2.72. The lowest BCUT2D eigenvalue weighted by molar-refractivity contribution is 0.619. The van der Waals surface area contributed by atoms with Crippen molar-refractivity contribution in [1.82, 2.24) is 15.0 Å². The van der Waals surface area contributed by atoms with E-state index in [-0.39, 0.29) is 5.15 Å². The molecular weight excluding hydrogens is 288 g/mol. The monoisotopic (exact) mass is 302 g/mol. The number of nitrogens with one attached hydrogen (secondary N) is 2. The van der Waals surface area contributed by atoms with Crippen LogP contribution in [0.3, 0.4) is 0 Å². The van der Waals surface area contributed by atoms with E-state index in [0.717, 1.165) is 31.5 Å². The molecule has 0 amide bonds. The number of hydrogen-bond donors (Lipinski definition) is 3. The first kappa shape index (κ1) is 14.1. The Bertz CT molecular complexity index is 603. The molecule has 0 radical (unpaired) electrons. The molecule has 2 heterocycles. The lowest BCUT2D eigenvalue weighted by Gasteiger charge is -2.07. The average molecular weight is 303 g/mol. The largest absolute Gasteiger partial charge is 0.328 e. The fourth-order valence-corrected chi connectivity index (χ4v) is 2.53.